The van der Waals surface area contributed by atoms with Crippen molar-refractivity contribution in [3.8, 4) is 23.0 Å². The molecule has 0 aromatic heterocycles. The zero-order valence-electron chi connectivity index (χ0n) is 23.3. The molecular weight excluding hydrogens is 522 g/mol. The van der Waals surface area contributed by atoms with Crippen LogP contribution in [0.1, 0.15) is 42.7 Å². The fraction of sp³-hybridized carbons (Fsp3) is 0.273. The lowest BCUT2D eigenvalue weighted by Gasteiger charge is -2.36. The summed E-state index contributed by atoms with van der Waals surface area (Å²) in [6, 6.07) is 21.6. The number of ketones is 1. The van der Waals surface area contributed by atoms with Gasteiger partial charge in [-0.3, -0.25) is 4.79 Å². The zero-order chi connectivity index (χ0) is 28.9. The van der Waals surface area contributed by atoms with Gasteiger partial charge in [-0.1, -0.05) is 36.4 Å². The maximum Gasteiger partial charge on any atom is 0.336 e. The summed E-state index contributed by atoms with van der Waals surface area (Å²) in [6.07, 6.45) is 0.827. The van der Waals surface area contributed by atoms with Crippen LogP contribution in [0.25, 0.3) is 0 Å². The maximum absolute atomic E-state index is 13.8. The highest BCUT2D eigenvalue weighted by atomic mass is 16.6. The van der Waals surface area contributed by atoms with E-state index < -0.39 is 11.9 Å². The number of rotatable bonds is 9. The summed E-state index contributed by atoms with van der Waals surface area (Å²) in [5, 5.41) is 13.6. The molecule has 8 heteroatoms. The third kappa shape index (κ3) is 5.91. The van der Waals surface area contributed by atoms with Crippen molar-refractivity contribution in [1.29, 1.82) is 0 Å². The fourth-order valence-electron chi connectivity index (χ4n) is 5.58. The molecule has 212 valence electrons. The number of aromatic hydroxyl groups is 1. The van der Waals surface area contributed by atoms with E-state index in [0.717, 1.165) is 11.3 Å². The van der Waals surface area contributed by atoms with E-state index in [-0.39, 0.29) is 37.1 Å². The van der Waals surface area contributed by atoms with E-state index in [9.17, 15) is 14.7 Å². The molecule has 1 aliphatic heterocycles. The number of phenols is 1. The van der Waals surface area contributed by atoms with Crippen LogP contribution in [0.2, 0.25) is 0 Å². The number of carbonyl (C=O) groups is 2. The first-order valence-corrected chi connectivity index (χ1v) is 13.5. The van der Waals surface area contributed by atoms with Crippen molar-refractivity contribution in [2.75, 3.05) is 27.4 Å². The van der Waals surface area contributed by atoms with Crippen molar-refractivity contribution in [3.05, 3.63) is 106 Å². The van der Waals surface area contributed by atoms with Crippen molar-refractivity contribution in [2.45, 2.75) is 31.6 Å². The first-order valence-electron chi connectivity index (χ1n) is 13.5. The molecule has 5 rings (SSSR count). The van der Waals surface area contributed by atoms with E-state index in [1.165, 1.54) is 0 Å². The minimum atomic E-state index is -0.681. The molecule has 8 nitrogen and oxygen atoms in total. The number of ether oxygens (including phenoxy) is 4. The lowest BCUT2D eigenvalue weighted by molar-refractivity contribution is -0.140. The molecule has 2 atom stereocenters. The molecule has 3 aromatic carbocycles. The van der Waals surface area contributed by atoms with E-state index in [1.807, 2.05) is 54.6 Å². The van der Waals surface area contributed by atoms with E-state index in [1.54, 1.807) is 39.3 Å². The SMILES string of the molecule is COc1ccc([C@@H]2CC(=O)C3=C(C2)NC(C)=C(C(=O)OCCOc2ccccc2)[C@H]3c2cccc(O)c2)cc1OC. The molecule has 2 aliphatic rings. The smallest absolute Gasteiger partial charge is 0.336 e. The quantitative estimate of drug-likeness (QED) is 0.268. The minimum absolute atomic E-state index is 0.0402. The number of allylic oxidation sites excluding steroid dienone is 3. The van der Waals surface area contributed by atoms with Gasteiger partial charge in [-0.05, 0) is 66.8 Å². The summed E-state index contributed by atoms with van der Waals surface area (Å²) < 4.78 is 22.1. The molecule has 1 heterocycles. The molecule has 0 saturated heterocycles. The van der Waals surface area contributed by atoms with E-state index >= 15 is 0 Å². The third-order valence-electron chi connectivity index (χ3n) is 7.46. The van der Waals surface area contributed by atoms with Gasteiger partial charge in [0.25, 0.3) is 0 Å². The van der Waals surface area contributed by atoms with Gasteiger partial charge in [0.15, 0.2) is 17.3 Å². The first-order chi connectivity index (χ1) is 19.9. The highest BCUT2D eigenvalue weighted by Crippen LogP contribution is 2.46. The second-order valence-electron chi connectivity index (χ2n) is 10.0. The Morgan fingerprint density at radius 3 is 2.41 bits per heavy atom. The monoisotopic (exact) mass is 555 g/mol. The number of hydrogen-bond acceptors (Lipinski definition) is 8. The number of nitrogens with one attached hydrogen (secondary N) is 1. The lowest BCUT2D eigenvalue weighted by atomic mass is 9.71. The van der Waals surface area contributed by atoms with Crippen LogP contribution >= 0.6 is 0 Å². The van der Waals surface area contributed by atoms with Gasteiger partial charge < -0.3 is 29.4 Å². The van der Waals surface area contributed by atoms with Crippen LogP contribution in [0.3, 0.4) is 0 Å². The molecule has 0 radical (unpaired) electrons. The average Bonchev–Trinajstić information content (AvgIpc) is 2.98. The molecule has 2 N–H and O–H groups in total. The number of Topliss-reactive ketones (excluding diaryl/α,β-unsaturated/α-hetero) is 1. The number of esters is 1. The number of phenolic OH excluding ortho intramolecular Hbond substituents is 1. The van der Waals surface area contributed by atoms with Crippen LogP contribution in [-0.2, 0) is 14.3 Å². The number of para-hydroxylation sites is 1. The predicted molar refractivity (Wildman–Crippen MR) is 153 cm³/mol. The zero-order valence-corrected chi connectivity index (χ0v) is 23.3. The average molecular weight is 556 g/mol. The fourth-order valence-corrected chi connectivity index (χ4v) is 5.58. The molecule has 0 unspecified atom stereocenters. The topological polar surface area (TPSA) is 103 Å². The van der Waals surface area contributed by atoms with Gasteiger partial charge >= 0.3 is 5.97 Å². The Morgan fingerprint density at radius 2 is 1.68 bits per heavy atom. The van der Waals surface area contributed by atoms with E-state index in [2.05, 4.69) is 5.32 Å². The summed E-state index contributed by atoms with van der Waals surface area (Å²) in [4.78, 5) is 27.3. The van der Waals surface area contributed by atoms with Gasteiger partial charge in [0, 0.05) is 29.3 Å². The van der Waals surface area contributed by atoms with Crippen LogP contribution < -0.4 is 19.5 Å². The molecule has 0 saturated carbocycles. The van der Waals surface area contributed by atoms with Crippen LogP contribution in [0.15, 0.2) is 95.3 Å². The summed E-state index contributed by atoms with van der Waals surface area (Å²) in [7, 11) is 3.17. The standard InChI is InChI=1S/C33H33NO7/c1-20-30(33(37)41-15-14-40-25-10-5-4-6-11-25)31(22-8-7-9-24(35)16-22)32-26(34-20)17-23(18-27(32)36)21-12-13-28(38-2)29(19-21)39-3/h4-13,16,19,23,31,34-35H,14-15,17-18H2,1-3H3/t23-,31+/m0/s1. The van der Waals surface area contributed by atoms with Crippen molar-refractivity contribution in [2.24, 2.45) is 0 Å². The summed E-state index contributed by atoms with van der Waals surface area (Å²) in [6.45, 7) is 2.03. The van der Waals surface area contributed by atoms with Crippen molar-refractivity contribution in [3.63, 3.8) is 0 Å². The van der Waals surface area contributed by atoms with Crippen molar-refractivity contribution in [1.82, 2.24) is 5.32 Å². The molecule has 41 heavy (non-hydrogen) atoms. The number of methoxy groups -OCH3 is 2. The minimum Gasteiger partial charge on any atom is -0.508 e. The van der Waals surface area contributed by atoms with Crippen LogP contribution in [0.5, 0.6) is 23.0 Å². The Kier molecular flexibility index (Phi) is 8.29. The Labute approximate surface area is 239 Å². The second-order valence-corrected chi connectivity index (χ2v) is 10.0. The Bertz CT molecular complexity index is 1510. The normalized spacial score (nSPS) is 18.4. The van der Waals surface area contributed by atoms with E-state index in [4.69, 9.17) is 18.9 Å². The Morgan fingerprint density at radius 1 is 0.902 bits per heavy atom. The highest BCUT2D eigenvalue weighted by Gasteiger charge is 2.41. The number of benzene rings is 3. The van der Waals surface area contributed by atoms with Crippen molar-refractivity contribution < 1.29 is 33.6 Å². The third-order valence-corrected chi connectivity index (χ3v) is 7.46. The Hall–Kier alpha value is -4.72. The molecular formula is C33H33NO7. The first kappa shape index (κ1) is 27.8. The molecule has 0 spiro atoms. The van der Waals surface area contributed by atoms with Gasteiger partial charge in [-0.25, -0.2) is 4.79 Å². The Balaban J connectivity index is 1.42. The van der Waals surface area contributed by atoms with Gasteiger partial charge in [-0.2, -0.15) is 0 Å². The highest BCUT2D eigenvalue weighted by molar-refractivity contribution is 6.04. The molecule has 3 aromatic rings. The van der Waals surface area contributed by atoms with Crippen molar-refractivity contribution >= 4 is 11.8 Å². The molecule has 0 bridgehead atoms. The summed E-state index contributed by atoms with van der Waals surface area (Å²) in [5.41, 5.74) is 3.83. The summed E-state index contributed by atoms with van der Waals surface area (Å²) >= 11 is 0. The summed E-state index contributed by atoms with van der Waals surface area (Å²) in [5.74, 6) is 0.574. The number of hydrogen-bond donors (Lipinski definition) is 2. The van der Waals surface area contributed by atoms with Gasteiger partial charge in [0.05, 0.1) is 19.8 Å². The van der Waals surface area contributed by atoms with Crippen LogP contribution in [-0.4, -0.2) is 44.3 Å². The van der Waals surface area contributed by atoms with Gasteiger partial charge in [0.2, 0.25) is 0 Å². The molecule has 0 fully saturated rings. The second kappa shape index (κ2) is 12.2. The van der Waals surface area contributed by atoms with Crippen LogP contribution in [0, 0.1) is 0 Å². The van der Waals surface area contributed by atoms with E-state index in [0.29, 0.717) is 46.1 Å². The molecule has 1 aliphatic carbocycles. The number of carbonyl (C=O) groups excluding carboxylic acids is 2. The number of dihydropyridines is 1. The lowest BCUT2D eigenvalue weighted by Crippen LogP contribution is -2.36. The van der Waals surface area contributed by atoms with Gasteiger partial charge in [0.1, 0.15) is 24.7 Å². The largest absolute Gasteiger partial charge is 0.508 e. The van der Waals surface area contributed by atoms with Gasteiger partial charge in [-0.15, -0.1) is 0 Å². The maximum atomic E-state index is 13.8. The van der Waals surface area contributed by atoms with Crippen LogP contribution in [0.4, 0.5) is 0 Å². The predicted octanol–water partition coefficient (Wildman–Crippen LogP) is 5.39. The molecule has 0 amide bonds.